The predicted molar refractivity (Wildman–Crippen MR) is 82.4 cm³/mol. The van der Waals surface area contributed by atoms with Crippen molar-refractivity contribution in [3.63, 3.8) is 0 Å². The summed E-state index contributed by atoms with van der Waals surface area (Å²) < 4.78 is 0. The van der Waals surface area contributed by atoms with Gasteiger partial charge >= 0.3 is 5.97 Å². The lowest BCUT2D eigenvalue weighted by Crippen LogP contribution is -2.45. The third-order valence-electron chi connectivity index (χ3n) is 4.35. The van der Waals surface area contributed by atoms with Crippen LogP contribution in [0.3, 0.4) is 0 Å². The molecule has 1 atom stereocenters. The number of halogens is 1. The largest absolute Gasteiger partial charge is 0.481 e. The van der Waals surface area contributed by atoms with Crippen molar-refractivity contribution in [3.05, 3.63) is 34.9 Å². The SMILES string of the molecule is C[C@@H](NCC1(O)CCC(C(=O)O)CC1)c1cccc(Cl)c1. The first-order chi connectivity index (χ1) is 9.89. The van der Waals surface area contributed by atoms with E-state index in [2.05, 4.69) is 5.32 Å². The number of nitrogens with one attached hydrogen (secondary N) is 1. The van der Waals surface area contributed by atoms with Crippen LogP contribution in [0.4, 0.5) is 0 Å². The molecule has 0 heterocycles. The molecule has 0 bridgehead atoms. The molecule has 0 saturated heterocycles. The van der Waals surface area contributed by atoms with Gasteiger partial charge in [0.25, 0.3) is 0 Å². The molecule has 1 aromatic carbocycles. The van der Waals surface area contributed by atoms with Gasteiger partial charge in [0.15, 0.2) is 0 Å². The van der Waals surface area contributed by atoms with Crippen molar-refractivity contribution >= 4 is 17.6 Å². The summed E-state index contributed by atoms with van der Waals surface area (Å²) >= 11 is 5.98. The minimum atomic E-state index is -0.807. The van der Waals surface area contributed by atoms with Crippen molar-refractivity contribution in [3.8, 4) is 0 Å². The van der Waals surface area contributed by atoms with Crippen molar-refractivity contribution in [2.24, 2.45) is 5.92 Å². The normalized spacial score (nSPS) is 27.3. The Balaban J connectivity index is 1.86. The van der Waals surface area contributed by atoms with Gasteiger partial charge in [0.2, 0.25) is 0 Å². The highest BCUT2D eigenvalue weighted by molar-refractivity contribution is 6.30. The summed E-state index contributed by atoms with van der Waals surface area (Å²) in [7, 11) is 0. The van der Waals surface area contributed by atoms with Crippen LogP contribution in [0.25, 0.3) is 0 Å². The minimum absolute atomic E-state index is 0.0879. The number of carboxylic acid groups (broad SMARTS) is 1. The highest BCUT2D eigenvalue weighted by Crippen LogP contribution is 2.32. The summed E-state index contributed by atoms with van der Waals surface area (Å²) in [6.45, 7) is 2.49. The molecule has 0 radical (unpaired) electrons. The Morgan fingerprint density at radius 2 is 2.14 bits per heavy atom. The number of hydrogen-bond donors (Lipinski definition) is 3. The zero-order valence-electron chi connectivity index (χ0n) is 12.2. The van der Waals surface area contributed by atoms with Crippen LogP contribution >= 0.6 is 11.6 Å². The molecule has 5 heteroatoms. The van der Waals surface area contributed by atoms with Gasteiger partial charge in [-0.25, -0.2) is 0 Å². The molecule has 1 aromatic rings. The molecule has 0 aliphatic heterocycles. The van der Waals surface area contributed by atoms with E-state index in [-0.39, 0.29) is 12.0 Å². The van der Waals surface area contributed by atoms with E-state index in [1.807, 2.05) is 31.2 Å². The van der Waals surface area contributed by atoms with E-state index < -0.39 is 11.6 Å². The Morgan fingerprint density at radius 1 is 1.48 bits per heavy atom. The van der Waals surface area contributed by atoms with Crippen molar-refractivity contribution in [2.75, 3.05) is 6.54 Å². The maximum Gasteiger partial charge on any atom is 0.306 e. The molecule has 3 N–H and O–H groups in total. The monoisotopic (exact) mass is 311 g/mol. The summed E-state index contributed by atoms with van der Waals surface area (Å²) in [5.41, 5.74) is 0.268. The highest BCUT2D eigenvalue weighted by atomic mass is 35.5. The molecular weight excluding hydrogens is 290 g/mol. The second kappa shape index (κ2) is 6.77. The highest BCUT2D eigenvalue weighted by Gasteiger charge is 2.35. The Morgan fingerprint density at radius 3 is 2.71 bits per heavy atom. The van der Waals surface area contributed by atoms with E-state index in [1.54, 1.807) is 0 Å². The first kappa shape index (κ1) is 16.3. The second-order valence-corrected chi connectivity index (χ2v) is 6.43. The van der Waals surface area contributed by atoms with Crippen LogP contribution in [0.15, 0.2) is 24.3 Å². The van der Waals surface area contributed by atoms with E-state index in [4.69, 9.17) is 16.7 Å². The number of aliphatic hydroxyl groups is 1. The topological polar surface area (TPSA) is 69.6 Å². The molecule has 1 saturated carbocycles. The molecule has 1 fully saturated rings. The third kappa shape index (κ3) is 4.43. The number of aliphatic carboxylic acids is 1. The number of carbonyl (C=O) groups is 1. The fourth-order valence-electron chi connectivity index (χ4n) is 2.82. The average Bonchev–Trinajstić information content (AvgIpc) is 2.45. The lowest BCUT2D eigenvalue weighted by molar-refractivity contribution is -0.144. The first-order valence-corrected chi connectivity index (χ1v) is 7.71. The second-order valence-electron chi connectivity index (χ2n) is 5.99. The van der Waals surface area contributed by atoms with Gasteiger partial charge in [0.05, 0.1) is 11.5 Å². The number of carboxylic acids is 1. The summed E-state index contributed by atoms with van der Waals surface area (Å²) in [5, 5.41) is 23.6. The summed E-state index contributed by atoms with van der Waals surface area (Å²) in [6.07, 6.45) is 2.14. The van der Waals surface area contributed by atoms with Crippen LogP contribution < -0.4 is 5.32 Å². The van der Waals surface area contributed by atoms with Crippen LogP contribution in [-0.4, -0.2) is 28.3 Å². The Hall–Kier alpha value is -1.10. The van der Waals surface area contributed by atoms with Crippen LogP contribution in [0, 0.1) is 5.92 Å². The molecule has 2 rings (SSSR count). The van der Waals surface area contributed by atoms with Crippen LogP contribution in [0.5, 0.6) is 0 Å². The molecule has 116 valence electrons. The van der Waals surface area contributed by atoms with Gasteiger partial charge in [-0.2, -0.15) is 0 Å². The van der Waals surface area contributed by atoms with Crippen LogP contribution in [0.1, 0.15) is 44.2 Å². The van der Waals surface area contributed by atoms with Crippen LogP contribution in [-0.2, 0) is 4.79 Å². The number of rotatable bonds is 5. The summed E-state index contributed by atoms with van der Waals surface area (Å²) in [6, 6.07) is 7.73. The molecule has 1 aliphatic rings. The zero-order valence-corrected chi connectivity index (χ0v) is 12.9. The van der Waals surface area contributed by atoms with E-state index in [9.17, 15) is 9.90 Å². The van der Waals surface area contributed by atoms with E-state index in [0.29, 0.717) is 37.3 Å². The quantitative estimate of drug-likeness (QED) is 0.782. The molecule has 0 aromatic heterocycles. The van der Waals surface area contributed by atoms with Gasteiger partial charge in [-0.15, -0.1) is 0 Å². The molecule has 0 unspecified atom stereocenters. The Labute approximate surface area is 130 Å². The van der Waals surface area contributed by atoms with Gasteiger partial charge in [-0.3, -0.25) is 4.79 Å². The summed E-state index contributed by atoms with van der Waals surface area (Å²) in [5.74, 6) is -1.06. The average molecular weight is 312 g/mol. The van der Waals surface area contributed by atoms with Crippen molar-refractivity contribution in [1.82, 2.24) is 5.32 Å². The fourth-order valence-corrected chi connectivity index (χ4v) is 3.01. The van der Waals surface area contributed by atoms with Gasteiger partial charge in [-0.05, 0) is 50.3 Å². The molecule has 1 aliphatic carbocycles. The maximum absolute atomic E-state index is 10.9. The van der Waals surface area contributed by atoms with Gasteiger partial charge < -0.3 is 15.5 Å². The summed E-state index contributed by atoms with van der Waals surface area (Å²) in [4.78, 5) is 10.9. The molecule has 4 nitrogen and oxygen atoms in total. The lowest BCUT2D eigenvalue weighted by Gasteiger charge is -2.35. The van der Waals surface area contributed by atoms with E-state index >= 15 is 0 Å². The van der Waals surface area contributed by atoms with Crippen molar-refractivity contribution in [1.29, 1.82) is 0 Å². The maximum atomic E-state index is 10.9. The standard InChI is InChI=1S/C16H22ClNO3/c1-11(13-3-2-4-14(17)9-13)18-10-16(21)7-5-12(6-8-16)15(19)20/h2-4,9,11-12,18,21H,5-8,10H2,1H3,(H,19,20)/t11-,12?,16?/m1/s1. The van der Waals surface area contributed by atoms with Crippen molar-refractivity contribution < 1.29 is 15.0 Å². The van der Waals surface area contributed by atoms with Crippen LogP contribution in [0.2, 0.25) is 5.02 Å². The first-order valence-electron chi connectivity index (χ1n) is 7.34. The molecule has 21 heavy (non-hydrogen) atoms. The van der Waals surface area contributed by atoms with Gasteiger partial charge in [0.1, 0.15) is 0 Å². The number of hydrogen-bond acceptors (Lipinski definition) is 3. The predicted octanol–water partition coefficient (Wildman–Crippen LogP) is 3.00. The number of benzene rings is 1. The smallest absolute Gasteiger partial charge is 0.306 e. The minimum Gasteiger partial charge on any atom is -0.481 e. The Kier molecular flexibility index (Phi) is 5.25. The van der Waals surface area contributed by atoms with Gasteiger partial charge in [-0.1, -0.05) is 23.7 Å². The molecule has 0 amide bonds. The van der Waals surface area contributed by atoms with Gasteiger partial charge in [0, 0.05) is 17.6 Å². The molecular formula is C16H22ClNO3. The molecule has 0 spiro atoms. The zero-order chi connectivity index (χ0) is 15.5. The van der Waals surface area contributed by atoms with Crippen molar-refractivity contribution in [2.45, 2.75) is 44.2 Å². The van der Waals surface area contributed by atoms with E-state index in [1.165, 1.54) is 0 Å². The fraction of sp³-hybridized carbons (Fsp3) is 0.562. The lowest BCUT2D eigenvalue weighted by atomic mass is 9.78. The van der Waals surface area contributed by atoms with E-state index in [0.717, 1.165) is 5.56 Å². The Bertz CT molecular complexity index is 498. The third-order valence-corrected chi connectivity index (χ3v) is 4.59.